The molecule has 11 radical (unpaired) electrons. The quantitative estimate of drug-likeness (QED) is 0.252. The fraction of sp³-hybridized carbons (Fsp3) is 0.400. The molecule has 0 rings (SSSR count). The summed E-state index contributed by atoms with van der Waals surface area (Å²) in [6, 6.07) is 0. The molecular formula is C10H16B9. The molecule has 0 saturated carbocycles. The van der Waals surface area contributed by atoms with Gasteiger partial charge in [-0.25, -0.2) is 0 Å². The highest BCUT2D eigenvalue weighted by Gasteiger charge is 2.18. The largest absolute Gasteiger partial charge is 0.0917 e. The lowest BCUT2D eigenvalue weighted by atomic mass is 8.64. The lowest BCUT2D eigenvalue weighted by molar-refractivity contribution is 1.05. The van der Waals surface area contributed by atoms with Gasteiger partial charge in [-0.1, -0.05) is 36.5 Å². The molecule has 83 valence electrons. The number of allylic oxidation sites excluding steroid dienone is 6. The SMILES string of the molecule is C/C=C/C=C\CC/C=C/C.[B][B]B(B([B])[B])B([B])[B]. The standard InChI is InChI=1S/C10H16.B9/c1-3-5-7-9-10-8-6-4-2;1-6-9(7(2)3)8(4)5/h3-7,9H,8,10H2,1-2H3;/b5-3+,6-4+,9-7-;. The molecule has 0 amide bonds. The molecule has 0 spiro atoms. The van der Waals surface area contributed by atoms with E-state index in [1.165, 1.54) is 7.06 Å². The molecule has 0 nitrogen and oxygen atoms in total. The van der Waals surface area contributed by atoms with Crippen LogP contribution in [0.15, 0.2) is 36.5 Å². The van der Waals surface area contributed by atoms with Crippen LogP contribution in [0, 0.1) is 0 Å². The summed E-state index contributed by atoms with van der Waals surface area (Å²) in [6.07, 6.45) is 13.5. The smallest absolute Gasteiger partial charge is 0 e. The molecular weight excluding hydrogens is 217 g/mol. The average Bonchev–Trinajstić information content (AvgIpc) is 2.34. The molecule has 0 aliphatic heterocycles. The molecule has 0 aromatic rings. The first kappa shape index (κ1) is 21.1. The van der Waals surface area contributed by atoms with Gasteiger partial charge in [-0.3, -0.25) is 0 Å². The van der Waals surface area contributed by atoms with Gasteiger partial charge in [0.05, 0.1) is 0 Å². The van der Waals surface area contributed by atoms with Crippen molar-refractivity contribution >= 4 is 64.9 Å². The Bertz CT molecular complexity index is 252. The second-order valence-electron chi connectivity index (χ2n) is 4.02. The zero-order valence-corrected chi connectivity index (χ0v) is 12.1. The van der Waals surface area contributed by atoms with E-state index in [2.05, 4.69) is 37.3 Å². The van der Waals surface area contributed by atoms with Crippen molar-refractivity contribution in [3.8, 4) is 0 Å². The van der Waals surface area contributed by atoms with Gasteiger partial charge in [0.1, 0.15) is 0 Å². The maximum Gasteiger partial charge on any atom is 0 e. The van der Waals surface area contributed by atoms with Gasteiger partial charge in [0.2, 0.25) is 0 Å². The van der Waals surface area contributed by atoms with Crippen LogP contribution in [-0.2, 0) is 0 Å². The van der Waals surface area contributed by atoms with Crippen molar-refractivity contribution in [2.24, 2.45) is 0 Å². The topological polar surface area (TPSA) is 0 Å². The molecule has 0 aliphatic carbocycles. The van der Waals surface area contributed by atoms with E-state index < -0.39 is 12.8 Å². The lowest BCUT2D eigenvalue weighted by Gasteiger charge is -2.17. The highest BCUT2D eigenvalue weighted by molar-refractivity contribution is 7.93. The van der Waals surface area contributed by atoms with Gasteiger partial charge >= 0.3 is 0 Å². The molecule has 0 heterocycles. The fourth-order valence-electron chi connectivity index (χ4n) is 1.16. The third-order valence-corrected chi connectivity index (χ3v) is 2.29. The van der Waals surface area contributed by atoms with Crippen molar-refractivity contribution in [3.63, 3.8) is 0 Å². The van der Waals surface area contributed by atoms with Crippen molar-refractivity contribution in [1.82, 2.24) is 0 Å². The van der Waals surface area contributed by atoms with E-state index in [9.17, 15) is 0 Å². The third-order valence-electron chi connectivity index (χ3n) is 2.29. The molecule has 0 saturated heterocycles. The predicted molar refractivity (Wildman–Crippen MR) is 99.8 cm³/mol. The van der Waals surface area contributed by atoms with E-state index >= 15 is 0 Å². The van der Waals surface area contributed by atoms with Crippen LogP contribution >= 0.6 is 0 Å². The summed E-state index contributed by atoms with van der Waals surface area (Å²) in [7, 11) is 27.5. The third kappa shape index (κ3) is 15.7. The van der Waals surface area contributed by atoms with Gasteiger partial charge in [-0.15, -0.1) is 0 Å². The van der Waals surface area contributed by atoms with E-state index in [0.717, 1.165) is 12.8 Å². The van der Waals surface area contributed by atoms with Crippen molar-refractivity contribution < 1.29 is 0 Å². The normalized spacial score (nSPS) is 10.4. The number of hydrogen-bond donors (Lipinski definition) is 0. The Hall–Kier alpha value is -0.196. The first-order chi connectivity index (χ1) is 9.01. The molecule has 0 atom stereocenters. The van der Waals surface area contributed by atoms with Crippen LogP contribution in [0.25, 0.3) is 0 Å². The highest BCUT2D eigenvalue weighted by Crippen LogP contribution is 1.92. The van der Waals surface area contributed by atoms with E-state index in [1.807, 2.05) is 13.0 Å². The second-order valence-corrected chi connectivity index (χ2v) is 4.02. The summed E-state index contributed by atoms with van der Waals surface area (Å²) in [4.78, 5) is 0. The van der Waals surface area contributed by atoms with Crippen molar-refractivity contribution in [3.05, 3.63) is 36.5 Å². The maximum absolute atomic E-state index is 5.25. The first-order valence-corrected chi connectivity index (χ1v) is 6.47. The van der Waals surface area contributed by atoms with Gasteiger partial charge in [-0.2, -0.15) is 0 Å². The molecule has 0 unspecified atom stereocenters. The van der Waals surface area contributed by atoms with Crippen LogP contribution in [-0.4, -0.2) is 64.9 Å². The molecule has 0 aromatic carbocycles. The summed E-state index contributed by atoms with van der Waals surface area (Å²) in [5.41, 5.74) is 0. The van der Waals surface area contributed by atoms with E-state index in [-0.39, 0.29) is 6.39 Å². The van der Waals surface area contributed by atoms with Crippen LogP contribution < -0.4 is 0 Å². The molecule has 0 aliphatic rings. The minimum absolute atomic E-state index is 0.315. The van der Waals surface area contributed by atoms with Crippen LogP contribution in [0.4, 0.5) is 0 Å². The monoisotopic (exact) mass is 235 g/mol. The van der Waals surface area contributed by atoms with Crippen molar-refractivity contribution in [2.45, 2.75) is 26.7 Å². The summed E-state index contributed by atoms with van der Waals surface area (Å²) < 4.78 is 0. The van der Waals surface area contributed by atoms with Crippen LogP contribution in [0.2, 0.25) is 0 Å². The number of hydrogen-bond acceptors (Lipinski definition) is 0. The van der Waals surface area contributed by atoms with Crippen LogP contribution in [0.1, 0.15) is 26.7 Å². The van der Waals surface area contributed by atoms with Crippen molar-refractivity contribution in [1.29, 1.82) is 0 Å². The maximum atomic E-state index is 5.25. The summed E-state index contributed by atoms with van der Waals surface area (Å²) in [5, 5.41) is 0. The summed E-state index contributed by atoms with van der Waals surface area (Å²) in [6.45, 7) is 4.08. The molecule has 0 fully saturated rings. The number of unbranched alkanes of at least 4 members (excludes halogenated alkanes) is 1. The van der Waals surface area contributed by atoms with Crippen molar-refractivity contribution in [2.75, 3.05) is 0 Å². The minimum atomic E-state index is -0.574. The Kier molecular flexibility index (Phi) is 17.6. The van der Waals surface area contributed by atoms with Crippen LogP contribution in [0.3, 0.4) is 0 Å². The summed E-state index contributed by atoms with van der Waals surface area (Å²) in [5.74, 6) is 0. The minimum Gasteiger partial charge on any atom is -0.0917 e. The average molecular weight is 234 g/mol. The lowest BCUT2D eigenvalue weighted by Crippen LogP contribution is -2.55. The van der Waals surface area contributed by atoms with Crippen LogP contribution in [0.5, 0.6) is 0 Å². The molecule has 19 heavy (non-hydrogen) atoms. The van der Waals surface area contributed by atoms with Gasteiger partial charge in [0.15, 0.2) is 0 Å². The predicted octanol–water partition coefficient (Wildman–Crippen LogP) is 0.0478. The Morgan fingerprint density at radius 1 is 0.842 bits per heavy atom. The fourth-order valence-corrected chi connectivity index (χ4v) is 1.16. The Balaban J connectivity index is 0. The van der Waals surface area contributed by atoms with Gasteiger partial charge in [0, 0.05) is 64.9 Å². The first-order valence-electron chi connectivity index (χ1n) is 6.47. The Labute approximate surface area is 128 Å². The highest BCUT2D eigenvalue weighted by atomic mass is 13.8. The molecule has 0 bridgehead atoms. The Morgan fingerprint density at radius 2 is 1.37 bits per heavy atom. The summed E-state index contributed by atoms with van der Waals surface area (Å²) >= 11 is 0. The zero-order chi connectivity index (χ0) is 15.1. The van der Waals surface area contributed by atoms with Gasteiger partial charge in [0.25, 0.3) is 0 Å². The van der Waals surface area contributed by atoms with Gasteiger partial charge in [-0.05, 0) is 26.7 Å². The van der Waals surface area contributed by atoms with E-state index in [1.54, 1.807) is 0 Å². The Morgan fingerprint density at radius 3 is 1.68 bits per heavy atom. The molecule has 9 heteroatoms. The van der Waals surface area contributed by atoms with E-state index in [4.69, 9.17) is 38.7 Å². The van der Waals surface area contributed by atoms with Gasteiger partial charge < -0.3 is 0 Å². The molecule has 0 N–H and O–H groups in total. The van der Waals surface area contributed by atoms with E-state index in [0.29, 0.717) is 0 Å². The second kappa shape index (κ2) is 15.9. The molecule has 0 aromatic heterocycles. The zero-order valence-electron chi connectivity index (χ0n) is 12.1. The number of rotatable bonds is 7.